The summed E-state index contributed by atoms with van der Waals surface area (Å²) in [5, 5.41) is 8.04. The quantitative estimate of drug-likeness (QED) is 0.606. The Bertz CT molecular complexity index is 748. The predicted octanol–water partition coefficient (Wildman–Crippen LogP) is 2.92. The molecule has 0 radical (unpaired) electrons. The van der Waals surface area contributed by atoms with E-state index in [2.05, 4.69) is 70.5 Å². The van der Waals surface area contributed by atoms with Gasteiger partial charge in [0.2, 0.25) is 0 Å². The first kappa shape index (κ1) is 18.7. The molecule has 140 valence electrons. The molecule has 2 heterocycles. The molecule has 0 saturated carbocycles. The molecule has 0 spiro atoms. The van der Waals surface area contributed by atoms with Crippen molar-refractivity contribution < 1.29 is 0 Å². The third kappa shape index (κ3) is 4.36. The van der Waals surface area contributed by atoms with E-state index in [1.807, 2.05) is 7.05 Å². The summed E-state index contributed by atoms with van der Waals surface area (Å²) in [7, 11) is 1.82. The molecule has 3 rings (SSSR count). The van der Waals surface area contributed by atoms with Crippen LogP contribution in [-0.4, -0.2) is 43.7 Å². The number of aliphatic imine (C=N–C) groups is 1. The molecule has 0 amide bonds. The standard InChI is InChI=1S/C20H29N5S/c1-14(25-12-10-17-7-5-6-8-18(17)25)13-23-20(21-4)22-11-9-19-24-15(2)16(3)26-19/h5-8,14H,9-13H2,1-4H3,(H2,21,22,23). The van der Waals surface area contributed by atoms with Crippen molar-refractivity contribution in [3.8, 4) is 0 Å². The number of hydrogen-bond acceptors (Lipinski definition) is 4. The van der Waals surface area contributed by atoms with Crippen molar-refractivity contribution in [1.29, 1.82) is 0 Å². The summed E-state index contributed by atoms with van der Waals surface area (Å²) in [5.74, 6) is 0.856. The van der Waals surface area contributed by atoms with Crippen LogP contribution in [0.2, 0.25) is 0 Å². The van der Waals surface area contributed by atoms with E-state index in [-0.39, 0.29) is 0 Å². The van der Waals surface area contributed by atoms with Crippen LogP contribution in [0, 0.1) is 13.8 Å². The van der Waals surface area contributed by atoms with E-state index in [1.54, 1.807) is 11.3 Å². The van der Waals surface area contributed by atoms with Crippen molar-refractivity contribution in [2.75, 3.05) is 31.6 Å². The van der Waals surface area contributed by atoms with Gasteiger partial charge in [-0.1, -0.05) is 18.2 Å². The monoisotopic (exact) mass is 371 g/mol. The van der Waals surface area contributed by atoms with Gasteiger partial charge in [-0.25, -0.2) is 4.98 Å². The summed E-state index contributed by atoms with van der Waals surface area (Å²) in [6, 6.07) is 9.13. The molecule has 1 unspecified atom stereocenters. The molecule has 0 bridgehead atoms. The number of fused-ring (bicyclic) bond motifs is 1. The molecule has 26 heavy (non-hydrogen) atoms. The molecule has 1 atom stereocenters. The lowest BCUT2D eigenvalue weighted by molar-refractivity contribution is 0.625. The van der Waals surface area contributed by atoms with Crippen molar-refractivity contribution in [3.05, 3.63) is 45.4 Å². The van der Waals surface area contributed by atoms with Gasteiger partial charge in [-0.3, -0.25) is 4.99 Å². The Balaban J connectivity index is 1.45. The molecule has 0 aliphatic carbocycles. The molecular weight excluding hydrogens is 342 g/mol. The molecule has 2 aromatic rings. The minimum absolute atomic E-state index is 0.418. The van der Waals surface area contributed by atoms with Crippen LogP contribution in [0.25, 0.3) is 0 Å². The molecule has 1 aromatic carbocycles. The first-order valence-electron chi connectivity index (χ1n) is 9.30. The van der Waals surface area contributed by atoms with Gasteiger partial charge >= 0.3 is 0 Å². The van der Waals surface area contributed by atoms with Crippen LogP contribution in [0.3, 0.4) is 0 Å². The van der Waals surface area contributed by atoms with E-state index < -0.39 is 0 Å². The number of anilines is 1. The molecule has 1 aromatic heterocycles. The smallest absolute Gasteiger partial charge is 0.191 e. The molecule has 6 heteroatoms. The third-order valence-corrected chi connectivity index (χ3v) is 6.08. The van der Waals surface area contributed by atoms with Gasteiger partial charge in [0, 0.05) is 49.7 Å². The zero-order chi connectivity index (χ0) is 18.5. The number of para-hydroxylation sites is 1. The van der Waals surface area contributed by atoms with Gasteiger partial charge in [-0.15, -0.1) is 11.3 Å². The summed E-state index contributed by atoms with van der Waals surface area (Å²) in [5.41, 5.74) is 3.97. The van der Waals surface area contributed by atoms with Crippen molar-refractivity contribution in [2.24, 2.45) is 4.99 Å². The topological polar surface area (TPSA) is 52.6 Å². The SMILES string of the molecule is CN=C(NCCc1nc(C)c(C)s1)NCC(C)N1CCc2ccccc21. The van der Waals surface area contributed by atoms with E-state index in [9.17, 15) is 0 Å². The van der Waals surface area contributed by atoms with Gasteiger partial charge in [0.25, 0.3) is 0 Å². The fourth-order valence-corrected chi connectivity index (χ4v) is 4.26. The highest BCUT2D eigenvalue weighted by Crippen LogP contribution is 2.28. The minimum atomic E-state index is 0.418. The van der Waals surface area contributed by atoms with Crippen molar-refractivity contribution in [3.63, 3.8) is 0 Å². The molecule has 5 nitrogen and oxygen atoms in total. The van der Waals surface area contributed by atoms with Crippen LogP contribution < -0.4 is 15.5 Å². The first-order chi connectivity index (χ1) is 12.6. The second-order valence-electron chi connectivity index (χ2n) is 6.80. The second kappa shape index (κ2) is 8.54. The van der Waals surface area contributed by atoms with Crippen LogP contribution in [0.1, 0.15) is 28.1 Å². The number of aryl methyl sites for hydroxylation is 2. The number of rotatable bonds is 6. The van der Waals surface area contributed by atoms with Gasteiger partial charge in [0.1, 0.15) is 0 Å². The van der Waals surface area contributed by atoms with Crippen LogP contribution in [-0.2, 0) is 12.8 Å². The average molecular weight is 372 g/mol. The Morgan fingerprint density at radius 3 is 2.85 bits per heavy atom. The van der Waals surface area contributed by atoms with Crippen LogP contribution >= 0.6 is 11.3 Å². The summed E-state index contributed by atoms with van der Waals surface area (Å²) in [6.45, 7) is 9.26. The Kier molecular flexibility index (Phi) is 6.14. The molecule has 0 fully saturated rings. The number of hydrogen-bond donors (Lipinski definition) is 2. The maximum absolute atomic E-state index is 4.59. The molecule has 2 N–H and O–H groups in total. The van der Waals surface area contributed by atoms with Gasteiger partial charge in [-0.2, -0.15) is 0 Å². The van der Waals surface area contributed by atoms with Crippen LogP contribution in [0.5, 0.6) is 0 Å². The van der Waals surface area contributed by atoms with Crippen molar-refractivity contribution in [2.45, 2.75) is 39.7 Å². The number of nitrogens with zero attached hydrogens (tertiary/aromatic N) is 3. The summed E-state index contributed by atoms with van der Waals surface area (Å²) >= 11 is 1.78. The Morgan fingerprint density at radius 1 is 1.31 bits per heavy atom. The number of guanidine groups is 1. The molecule has 1 aliphatic rings. The molecule has 1 aliphatic heterocycles. The van der Waals surface area contributed by atoms with Gasteiger partial charge in [0.15, 0.2) is 5.96 Å². The zero-order valence-electron chi connectivity index (χ0n) is 16.2. The summed E-state index contributed by atoms with van der Waals surface area (Å²) in [4.78, 5) is 12.7. The second-order valence-corrected chi connectivity index (χ2v) is 8.09. The molecular formula is C20H29N5S. The van der Waals surface area contributed by atoms with Crippen LogP contribution in [0.4, 0.5) is 5.69 Å². The van der Waals surface area contributed by atoms with E-state index >= 15 is 0 Å². The zero-order valence-corrected chi connectivity index (χ0v) is 17.0. The van der Waals surface area contributed by atoms with Gasteiger partial charge in [0.05, 0.1) is 10.7 Å². The fraction of sp³-hybridized carbons (Fsp3) is 0.500. The highest BCUT2D eigenvalue weighted by molar-refractivity contribution is 7.11. The minimum Gasteiger partial charge on any atom is -0.366 e. The lowest BCUT2D eigenvalue weighted by Gasteiger charge is -2.28. The average Bonchev–Trinajstić information content (AvgIpc) is 3.21. The Hall–Kier alpha value is -2.08. The number of nitrogens with one attached hydrogen (secondary N) is 2. The number of aromatic nitrogens is 1. The lowest BCUT2D eigenvalue weighted by atomic mass is 10.2. The highest BCUT2D eigenvalue weighted by atomic mass is 32.1. The first-order valence-corrected chi connectivity index (χ1v) is 10.1. The lowest BCUT2D eigenvalue weighted by Crippen LogP contribution is -2.46. The van der Waals surface area contributed by atoms with Gasteiger partial charge in [-0.05, 0) is 38.8 Å². The van der Waals surface area contributed by atoms with E-state index in [0.717, 1.165) is 44.1 Å². The van der Waals surface area contributed by atoms with Crippen molar-refractivity contribution >= 4 is 23.0 Å². The van der Waals surface area contributed by atoms with E-state index in [0.29, 0.717) is 6.04 Å². The Labute approximate surface area is 160 Å². The largest absolute Gasteiger partial charge is 0.366 e. The Morgan fingerprint density at radius 2 is 2.12 bits per heavy atom. The normalized spacial score (nSPS) is 15.1. The molecule has 0 saturated heterocycles. The van der Waals surface area contributed by atoms with Crippen LogP contribution in [0.15, 0.2) is 29.3 Å². The predicted molar refractivity (Wildman–Crippen MR) is 112 cm³/mol. The van der Waals surface area contributed by atoms with Gasteiger partial charge < -0.3 is 15.5 Å². The maximum atomic E-state index is 4.59. The van der Waals surface area contributed by atoms with E-state index in [4.69, 9.17) is 0 Å². The van der Waals surface area contributed by atoms with Crippen molar-refractivity contribution in [1.82, 2.24) is 15.6 Å². The summed E-state index contributed by atoms with van der Waals surface area (Å²) < 4.78 is 0. The number of thiazole rings is 1. The third-order valence-electron chi connectivity index (χ3n) is 4.95. The fourth-order valence-electron chi connectivity index (χ4n) is 3.33. The number of benzene rings is 1. The maximum Gasteiger partial charge on any atom is 0.191 e. The summed E-state index contributed by atoms with van der Waals surface area (Å²) in [6.07, 6.45) is 2.06. The van der Waals surface area contributed by atoms with E-state index in [1.165, 1.54) is 21.1 Å². The highest BCUT2D eigenvalue weighted by Gasteiger charge is 2.22.